The smallest absolute Gasteiger partial charge is 0.172 e. The lowest BCUT2D eigenvalue weighted by atomic mass is 10.1. The quantitative estimate of drug-likeness (QED) is 0.839. The number of nitrogens with zero attached hydrogens (tertiary/aromatic N) is 1. The lowest BCUT2D eigenvalue weighted by Crippen LogP contribution is -2.13. The molecule has 2 rings (SSSR count). The van der Waals surface area contributed by atoms with E-state index in [-0.39, 0.29) is 0 Å². The van der Waals surface area contributed by atoms with Gasteiger partial charge in [-0.15, -0.1) is 0 Å². The molecule has 0 saturated heterocycles. The molecule has 96 valence electrons. The Morgan fingerprint density at radius 1 is 1.33 bits per heavy atom. The van der Waals surface area contributed by atoms with E-state index < -0.39 is 0 Å². The van der Waals surface area contributed by atoms with E-state index in [1.54, 1.807) is 12.3 Å². The highest BCUT2D eigenvalue weighted by molar-refractivity contribution is 6.43. The molecule has 0 aliphatic heterocycles. The molecule has 1 N–H and O–H groups in total. The first-order valence-corrected chi connectivity index (χ1v) is 6.58. The third-order valence-corrected chi connectivity index (χ3v) is 3.40. The molecule has 1 aromatic carbocycles. The molecule has 18 heavy (non-hydrogen) atoms. The molecule has 0 radical (unpaired) electrons. The van der Waals surface area contributed by atoms with Crippen LogP contribution in [0.25, 0.3) is 11.3 Å². The third kappa shape index (κ3) is 2.86. The van der Waals surface area contributed by atoms with Gasteiger partial charge in [0.05, 0.1) is 16.2 Å². The van der Waals surface area contributed by atoms with Gasteiger partial charge in [-0.2, -0.15) is 0 Å². The number of rotatable bonds is 5. The molecule has 2 aromatic rings. The zero-order valence-electron chi connectivity index (χ0n) is 10.0. The zero-order valence-corrected chi connectivity index (χ0v) is 11.6. The van der Waals surface area contributed by atoms with E-state index in [4.69, 9.17) is 27.7 Å². The fraction of sp³-hybridized carbons (Fsp3) is 0.308. The zero-order chi connectivity index (χ0) is 13.0. The van der Waals surface area contributed by atoms with Crippen molar-refractivity contribution in [1.82, 2.24) is 10.5 Å². The summed E-state index contributed by atoms with van der Waals surface area (Å²) in [4.78, 5) is 0. The predicted molar refractivity (Wildman–Crippen MR) is 74.0 cm³/mol. The van der Waals surface area contributed by atoms with Crippen molar-refractivity contribution in [2.75, 3.05) is 6.54 Å². The van der Waals surface area contributed by atoms with Crippen molar-refractivity contribution in [2.24, 2.45) is 0 Å². The van der Waals surface area contributed by atoms with Gasteiger partial charge in [-0.1, -0.05) is 41.3 Å². The molecule has 1 aromatic heterocycles. The highest BCUT2D eigenvalue weighted by atomic mass is 35.5. The molecule has 0 fully saturated rings. The molecule has 1 heterocycles. The number of halogens is 2. The minimum Gasteiger partial charge on any atom is -0.356 e. The second-order valence-electron chi connectivity index (χ2n) is 3.96. The Bertz CT molecular complexity index is 525. The molecule has 0 unspecified atom stereocenters. The van der Waals surface area contributed by atoms with E-state index >= 15 is 0 Å². The van der Waals surface area contributed by atoms with E-state index in [0.29, 0.717) is 22.4 Å². The Balaban J connectivity index is 2.28. The minimum atomic E-state index is 0.493. The molecule has 0 bridgehead atoms. The molecular formula is C13H14Cl2N2O. The monoisotopic (exact) mass is 284 g/mol. The van der Waals surface area contributed by atoms with Crippen molar-refractivity contribution in [2.45, 2.75) is 19.9 Å². The first kappa shape index (κ1) is 13.4. The lowest BCUT2D eigenvalue weighted by molar-refractivity contribution is 0.431. The minimum absolute atomic E-state index is 0.493. The van der Waals surface area contributed by atoms with E-state index in [1.807, 2.05) is 12.1 Å². The summed E-state index contributed by atoms with van der Waals surface area (Å²) in [7, 11) is 0. The van der Waals surface area contributed by atoms with Gasteiger partial charge in [0, 0.05) is 17.7 Å². The summed E-state index contributed by atoms with van der Waals surface area (Å²) in [6.45, 7) is 3.78. The fourth-order valence-corrected chi connectivity index (χ4v) is 2.07. The summed E-state index contributed by atoms with van der Waals surface area (Å²) in [5.74, 6) is 0.672. The fourth-order valence-electron chi connectivity index (χ4n) is 1.69. The number of hydrogen-bond acceptors (Lipinski definition) is 3. The average Bonchev–Trinajstić information content (AvgIpc) is 2.81. The van der Waals surface area contributed by atoms with Gasteiger partial charge < -0.3 is 9.84 Å². The third-order valence-electron chi connectivity index (χ3n) is 2.58. The summed E-state index contributed by atoms with van der Waals surface area (Å²) in [6, 6.07) is 5.46. The molecule has 3 nitrogen and oxygen atoms in total. The lowest BCUT2D eigenvalue weighted by Gasteiger charge is -2.05. The molecular weight excluding hydrogens is 271 g/mol. The van der Waals surface area contributed by atoms with Gasteiger partial charge in [-0.25, -0.2) is 0 Å². The largest absolute Gasteiger partial charge is 0.356 e. The molecule has 0 aliphatic carbocycles. The Labute approximate surface area is 116 Å². The van der Waals surface area contributed by atoms with Crippen LogP contribution in [0.4, 0.5) is 0 Å². The maximum Gasteiger partial charge on any atom is 0.172 e. The highest BCUT2D eigenvalue weighted by Gasteiger charge is 2.15. The van der Waals surface area contributed by atoms with E-state index in [9.17, 15) is 0 Å². The van der Waals surface area contributed by atoms with Gasteiger partial charge in [0.1, 0.15) is 0 Å². The number of hydrogen-bond donors (Lipinski definition) is 1. The van der Waals surface area contributed by atoms with E-state index in [0.717, 1.165) is 24.1 Å². The van der Waals surface area contributed by atoms with Gasteiger partial charge in [0.25, 0.3) is 0 Å². The topological polar surface area (TPSA) is 38.1 Å². The van der Waals surface area contributed by atoms with Crippen molar-refractivity contribution in [3.63, 3.8) is 0 Å². The van der Waals surface area contributed by atoms with Crippen molar-refractivity contribution < 1.29 is 4.52 Å². The van der Waals surface area contributed by atoms with Crippen molar-refractivity contribution in [3.8, 4) is 11.3 Å². The van der Waals surface area contributed by atoms with Gasteiger partial charge in [-0.3, -0.25) is 0 Å². The van der Waals surface area contributed by atoms with Crippen LogP contribution >= 0.6 is 23.2 Å². The van der Waals surface area contributed by atoms with Gasteiger partial charge in [0.2, 0.25) is 0 Å². The van der Waals surface area contributed by atoms with Crippen molar-refractivity contribution in [3.05, 3.63) is 40.0 Å². The maximum absolute atomic E-state index is 6.18. The normalized spacial score (nSPS) is 10.8. The Morgan fingerprint density at radius 3 is 2.94 bits per heavy atom. The SMILES string of the molecule is CCCNCc1cnoc1-c1cccc(Cl)c1Cl. The average molecular weight is 285 g/mol. The second-order valence-corrected chi connectivity index (χ2v) is 4.74. The summed E-state index contributed by atoms with van der Waals surface area (Å²) in [5, 5.41) is 8.14. The van der Waals surface area contributed by atoms with Crippen LogP contribution in [0.15, 0.2) is 28.9 Å². The first-order valence-electron chi connectivity index (χ1n) is 5.82. The second kappa shape index (κ2) is 6.23. The van der Waals surface area contributed by atoms with Crippen LogP contribution < -0.4 is 5.32 Å². The standard InChI is InChI=1S/C13H14Cl2N2O/c1-2-6-16-7-9-8-17-18-13(9)10-4-3-5-11(14)12(10)15/h3-5,8,16H,2,6-7H2,1H3. The van der Waals surface area contributed by atoms with Crippen LogP contribution in [0.2, 0.25) is 10.0 Å². The van der Waals surface area contributed by atoms with E-state index in [2.05, 4.69) is 17.4 Å². The molecule has 0 spiro atoms. The molecule has 0 saturated carbocycles. The van der Waals surface area contributed by atoms with Crippen LogP contribution in [0.1, 0.15) is 18.9 Å². The van der Waals surface area contributed by atoms with Gasteiger partial charge in [0.15, 0.2) is 5.76 Å². The molecule has 5 heteroatoms. The van der Waals surface area contributed by atoms with Crippen LogP contribution in [0, 0.1) is 0 Å². The number of nitrogens with one attached hydrogen (secondary N) is 1. The number of aromatic nitrogens is 1. The summed E-state index contributed by atoms with van der Waals surface area (Å²) in [6.07, 6.45) is 2.79. The van der Waals surface area contributed by atoms with E-state index in [1.165, 1.54) is 0 Å². The molecule has 0 aliphatic rings. The first-order chi connectivity index (χ1) is 8.74. The van der Waals surface area contributed by atoms with Crippen LogP contribution in [-0.2, 0) is 6.54 Å². The summed E-state index contributed by atoms with van der Waals surface area (Å²) in [5.41, 5.74) is 1.75. The predicted octanol–water partition coefficient (Wildman–Crippen LogP) is 4.15. The summed E-state index contributed by atoms with van der Waals surface area (Å²) < 4.78 is 5.28. The molecule has 0 amide bonds. The van der Waals surface area contributed by atoms with Crippen LogP contribution in [0.3, 0.4) is 0 Å². The Hall–Kier alpha value is -1.03. The Morgan fingerprint density at radius 2 is 2.17 bits per heavy atom. The van der Waals surface area contributed by atoms with Crippen molar-refractivity contribution in [1.29, 1.82) is 0 Å². The Kier molecular flexibility index (Phi) is 4.64. The maximum atomic E-state index is 6.18. The highest BCUT2D eigenvalue weighted by Crippen LogP contribution is 2.34. The number of benzene rings is 1. The van der Waals surface area contributed by atoms with Crippen LogP contribution in [0.5, 0.6) is 0 Å². The van der Waals surface area contributed by atoms with Gasteiger partial charge >= 0.3 is 0 Å². The van der Waals surface area contributed by atoms with Crippen LogP contribution in [-0.4, -0.2) is 11.7 Å². The van der Waals surface area contributed by atoms with Crippen molar-refractivity contribution >= 4 is 23.2 Å². The summed E-state index contributed by atoms with van der Waals surface area (Å²) >= 11 is 12.2. The van der Waals surface area contributed by atoms with Gasteiger partial charge in [-0.05, 0) is 25.1 Å². The molecule has 0 atom stereocenters.